The molecule has 0 unspecified atom stereocenters. The van der Waals surface area contributed by atoms with Crippen molar-refractivity contribution in [1.29, 1.82) is 0 Å². The van der Waals surface area contributed by atoms with E-state index in [1.54, 1.807) is 0 Å². The third-order valence-corrected chi connectivity index (χ3v) is 1.62. The zero-order valence-electron chi connectivity index (χ0n) is 7.51. The highest BCUT2D eigenvalue weighted by atomic mass is 16.6. The number of hydrazone groups is 1. The van der Waals surface area contributed by atoms with Crippen LogP contribution in [0.5, 0.6) is 5.75 Å². The van der Waals surface area contributed by atoms with Gasteiger partial charge in [0.2, 0.25) is 0 Å². The van der Waals surface area contributed by atoms with Crippen molar-refractivity contribution in [2.45, 2.75) is 0 Å². The van der Waals surface area contributed by atoms with E-state index in [0.29, 0.717) is 5.56 Å². The molecule has 0 radical (unpaired) electrons. The van der Waals surface area contributed by atoms with Gasteiger partial charge in [-0.05, 0) is 17.7 Å². The zero-order chi connectivity index (χ0) is 10.6. The number of rotatable bonds is 3. The lowest BCUT2D eigenvalue weighted by Gasteiger charge is -2.01. The molecule has 0 atom stereocenters. The number of methoxy groups -OCH3 is 1. The third kappa shape index (κ3) is 1.98. The van der Waals surface area contributed by atoms with Crippen LogP contribution in [-0.2, 0) is 0 Å². The first-order chi connectivity index (χ1) is 6.69. The van der Waals surface area contributed by atoms with E-state index in [4.69, 9.17) is 10.6 Å². The summed E-state index contributed by atoms with van der Waals surface area (Å²) in [7, 11) is 1.37. The van der Waals surface area contributed by atoms with Gasteiger partial charge in [0.25, 0.3) is 0 Å². The summed E-state index contributed by atoms with van der Waals surface area (Å²) in [6.07, 6.45) is 1.38. The third-order valence-electron chi connectivity index (χ3n) is 1.62. The van der Waals surface area contributed by atoms with Crippen molar-refractivity contribution in [3.05, 3.63) is 33.9 Å². The van der Waals surface area contributed by atoms with Crippen molar-refractivity contribution in [3.63, 3.8) is 0 Å². The van der Waals surface area contributed by atoms with Crippen LogP contribution in [0.1, 0.15) is 5.56 Å². The molecule has 0 saturated heterocycles. The quantitative estimate of drug-likeness (QED) is 0.335. The Kier molecular flexibility index (Phi) is 3.01. The van der Waals surface area contributed by atoms with E-state index in [-0.39, 0.29) is 11.4 Å². The molecule has 0 spiro atoms. The molecule has 6 nitrogen and oxygen atoms in total. The molecule has 0 saturated carbocycles. The van der Waals surface area contributed by atoms with Gasteiger partial charge >= 0.3 is 5.69 Å². The molecule has 0 heterocycles. The minimum atomic E-state index is -0.512. The molecule has 1 aromatic rings. The largest absolute Gasteiger partial charge is 0.490 e. The summed E-state index contributed by atoms with van der Waals surface area (Å²) in [5, 5.41) is 13.8. The lowest BCUT2D eigenvalue weighted by atomic mass is 10.2. The van der Waals surface area contributed by atoms with Gasteiger partial charge in [-0.25, -0.2) is 0 Å². The number of nitrogens with zero attached hydrogens (tertiary/aromatic N) is 2. The Balaban J connectivity index is 3.17. The molecule has 0 aliphatic rings. The van der Waals surface area contributed by atoms with Gasteiger partial charge in [-0.3, -0.25) is 10.1 Å². The van der Waals surface area contributed by atoms with Crippen LogP contribution in [0, 0.1) is 10.1 Å². The van der Waals surface area contributed by atoms with E-state index in [2.05, 4.69) is 5.10 Å². The second-order valence-corrected chi connectivity index (χ2v) is 2.47. The number of nitro groups is 1. The highest BCUT2D eigenvalue weighted by Crippen LogP contribution is 2.26. The number of hydrogen-bond donors (Lipinski definition) is 1. The predicted molar refractivity (Wildman–Crippen MR) is 51.4 cm³/mol. The summed E-state index contributed by atoms with van der Waals surface area (Å²) in [4.78, 5) is 10.0. The van der Waals surface area contributed by atoms with Crippen LogP contribution >= 0.6 is 0 Å². The highest BCUT2D eigenvalue weighted by Gasteiger charge is 2.13. The van der Waals surface area contributed by atoms with Crippen molar-refractivity contribution in [1.82, 2.24) is 0 Å². The van der Waals surface area contributed by atoms with Gasteiger partial charge in [-0.15, -0.1) is 0 Å². The van der Waals surface area contributed by atoms with Crippen molar-refractivity contribution in [3.8, 4) is 5.75 Å². The maximum atomic E-state index is 10.5. The molecule has 0 bridgehead atoms. The van der Waals surface area contributed by atoms with Crippen molar-refractivity contribution in [2.75, 3.05) is 7.11 Å². The van der Waals surface area contributed by atoms with Crippen LogP contribution in [0.15, 0.2) is 23.3 Å². The first-order valence-electron chi connectivity index (χ1n) is 3.74. The maximum Gasteiger partial charge on any atom is 0.310 e. The van der Waals surface area contributed by atoms with Gasteiger partial charge in [0.1, 0.15) is 0 Å². The molecule has 6 heteroatoms. The zero-order valence-corrected chi connectivity index (χ0v) is 7.51. The van der Waals surface area contributed by atoms with Crippen LogP contribution in [-0.4, -0.2) is 18.2 Å². The molecular weight excluding hydrogens is 186 g/mol. The number of nitro benzene ring substituents is 1. The number of ether oxygens (including phenoxy) is 1. The summed E-state index contributed by atoms with van der Waals surface area (Å²) in [6.45, 7) is 0. The summed E-state index contributed by atoms with van der Waals surface area (Å²) in [6, 6.07) is 4.38. The molecule has 14 heavy (non-hydrogen) atoms. The smallest absolute Gasteiger partial charge is 0.310 e. The Bertz CT molecular complexity index is 376. The van der Waals surface area contributed by atoms with E-state index in [1.807, 2.05) is 0 Å². The van der Waals surface area contributed by atoms with Crippen LogP contribution in [0.3, 0.4) is 0 Å². The number of hydrogen-bond acceptors (Lipinski definition) is 5. The molecule has 0 fully saturated rings. The molecule has 1 aromatic carbocycles. The summed E-state index contributed by atoms with van der Waals surface area (Å²) in [5.74, 6) is 5.13. The van der Waals surface area contributed by atoms with Gasteiger partial charge in [0, 0.05) is 6.07 Å². The fourth-order valence-electron chi connectivity index (χ4n) is 1.01. The van der Waals surface area contributed by atoms with Crippen molar-refractivity contribution >= 4 is 11.9 Å². The number of nitrogens with two attached hydrogens (primary N) is 1. The minimum absolute atomic E-state index is 0.0818. The van der Waals surface area contributed by atoms with E-state index in [1.165, 1.54) is 31.5 Å². The average Bonchev–Trinajstić information content (AvgIpc) is 2.17. The molecular formula is C8H9N3O3. The van der Waals surface area contributed by atoms with Gasteiger partial charge in [-0.1, -0.05) is 0 Å². The van der Waals surface area contributed by atoms with Gasteiger partial charge in [0.15, 0.2) is 5.75 Å². The van der Waals surface area contributed by atoms with E-state index in [9.17, 15) is 10.1 Å². The average molecular weight is 195 g/mol. The van der Waals surface area contributed by atoms with Crippen LogP contribution in [0.4, 0.5) is 5.69 Å². The summed E-state index contributed by atoms with van der Waals surface area (Å²) < 4.78 is 4.85. The molecule has 0 aliphatic heterocycles. The predicted octanol–water partition coefficient (Wildman–Crippen LogP) is 0.896. The molecule has 74 valence electrons. The van der Waals surface area contributed by atoms with Crippen LogP contribution in [0.25, 0.3) is 0 Å². The fraction of sp³-hybridized carbons (Fsp3) is 0.125. The lowest BCUT2D eigenvalue weighted by Crippen LogP contribution is -1.95. The molecule has 2 N–H and O–H groups in total. The fourth-order valence-corrected chi connectivity index (χ4v) is 1.01. The monoisotopic (exact) mass is 195 g/mol. The molecule has 0 amide bonds. The first-order valence-corrected chi connectivity index (χ1v) is 3.74. The lowest BCUT2D eigenvalue weighted by molar-refractivity contribution is -0.385. The second kappa shape index (κ2) is 4.22. The van der Waals surface area contributed by atoms with Gasteiger partial charge in [0.05, 0.1) is 18.2 Å². The number of benzene rings is 1. The Hall–Kier alpha value is -2.11. The van der Waals surface area contributed by atoms with E-state index in [0.717, 1.165) is 0 Å². The Morgan fingerprint density at radius 1 is 1.64 bits per heavy atom. The molecule has 0 aliphatic carbocycles. The van der Waals surface area contributed by atoms with Crippen molar-refractivity contribution in [2.24, 2.45) is 10.9 Å². The second-order valence-electron chi connectivity index (χ2n) is 2.47. The van der Waals surface area contributed by atoms with Gasteiger partial charge < -0.3 is 10.6 Å². The highest BCUT2D eigenvalue weighted by molar-refractivity contribution is 5.81. The minimum Gasteiger partial charge on any atom is -0.490 e. The molecule has 1 rings (SSSR count). The van der Waals surface area contributed by atoms with Crippen LogP contribution in [0.2, 0.25) is 0 Å². The SMILES string of the molecule is COc1cc(C=NN)ccc1[N+](=O)[O-]. The van der Waals surface area contributed by atoms with E-state index >= 15 is 0 Å². The summed E-state index contributed by atoms with van der Waals surface area (Å²) in [5.41, 5.74) is 0.566. The maximum absolute atomic E-state index is 10.5. The Morgan fingerprint density at radius 3 is 2.86 bits per heavy atom. The van der Waals surface area contributed by atoms with Crippen molar-refractivity contribution < 1.29 is 9.66 Å². The first kappa shape index (κ1) is 9.97. The standard InChI is InChI=1S/C8H9N3O3/c1-14-8-4-6(5-10-9)2-3-7(8)11(12)13/h2-5H,9H2,1H3. The van der Waals surface area contributed by atoms with E-state index < -0.39 is 4.92 Å². The topological polar surface area (TPSA) is 90.8 Å². The Morgan fingerprint density at radius 2 is 2.36 bits per heavy atom. The van der Waals surface area contributed by atoms with Crippen LogP contribution < -0.4 is 10.6 Å². The van der Waals surface area contributed by atoms with Gasteiger partial charge in [-0.2, -0.15) is 5.10 Å². The molecule has 0 aromatic heterocycles. The Labute approximate surface area is 80.1 Å². The normalized spacial score (nSPS) is 10.4. The summed E-state index contributed by atoms with van der Waals surface area (Å²) >= 11 is 0.